The van der Waals surface area contributed by atoms with Crippen molar-refractivity contribution in [2.24, 2.45) is 5.92 Å². The van der Waals surface area contributed by atoms with Crippen LogP contribution in [0.1, 0.15) is 27.7 Å². The number of carbonyl (C=O) groups is 2. The first-order valence-corrected chi connectivity index (χ1v) is 6.46. The summed E-state index contributed by atoms with van der Waals surface area (Å²) in [5, 5.41) is 3.41. The Balaban J connectivity index is 2.42. The van der Waals surface area contributed by atoms with E-state index in [-0.39, 0.29) is 30.4 Å². The van der Waals surface area contributed by atoms with Crippen LogP contribution in [0.5, 0.6) is 0 Å². The molecule has 1 rings (SSSR count). The number of hydrogen-bond donors (Lipinski definition) is 1. The molecule has 5 nitrogen and oxygen atoms in total. The number of nitrogens with zero attached hydrogens (tertiary/aromatic N) is 2. The number of piperazine rings is 1. The molecule has 0 bridgehead atoms. The van der Waals surface area contributed by atoms with Crippen molar-refractivity contribution in [2.45, 2.75) is 33.2 Å². The van der Waals surface area contributed by atoms with Crippen molar-refractivity contribution in [1.29, 1.82) is 0 Å². The summed E-state index contributed by atoms with van der Waals surface area (Å²) in [4.78, 5) is 26.5. The molecule has 5 heteroatoms. The van der Waals surface area contributed by atoms with Crippen LogP contribution in [0, 0.1) is 5.92 Å². The number of hydrogen-bond acceptors (Lipinski definition) is 3. The van der Waals surface area contributed by atoms with Gasteiger partial charge in [0, 0.05) is 19.1 Å². The highest BCUT2D eigenvalue weighted by Gasteiger charge is 2.28. The number of carbonyl (C=O) groups excluding carboxylic acids is 2. The zero-order valence-corrected chi connectivity index (χ0v) is 12.1. The van der Waals surface area contributed by atoms with Gasteiger partial charge in [0.2, 0.25) is 11.8 Å². The average molecular weight is 255 g/mol. The first kappa shape index (κ1) is 15.0. The molecule has 1 saturated heterocycles. The van der Waals surface area contributed by atoms with Gasteiger partial charge in [0.15, 0.2) is 0 Å². The predicted octanol–water partition coefficient (Wildman–Crippen LogP) is 0.311. The largest absolute Gasteiger partial charge is 0.335 e. The first-order valence-electron chi connectivity index (χ1n) is 6.46. The van der Waals surface area contributed by atoms with Gasteiger partial charge in [0.1, 0.15) is 0 Å². The summed E-state index contributed by atoms with van der Waals surface area (Å²) in [5.41, 5.74) is 0.0796. The van der Waals surface area contributed by atoms with Crippen molar-refractivity contribution in [3.8, 4) is 0 Å². The van der Waals surface area contributed by atoms with Crippen molar-refractivity contribution in [1.82, 2.24) is 15.1 Å². The SMILES string of the molecule is CC(CNC(C)(C)C)CN1CC(=O)N(C)CC1=O. The summed E-state index contributed by atoms with van der Waals surface area (Å²) in [6.45, 7) is 10.3. The van der Waals surface area contributed by atoms with Crippen molar-refractivity contribution in [3.05, 3.63) is 0 Å². The molecule has 1 fully saturated rings. The lowest BCUT2D eigenvalue weighted by molar-refractivity contribution is -0.149. The molecule has 1 atom stereocenters. The Morgan fingerprint density at radius 1 is 1.22 bits per heavy atom. The summed E-state index contributed by atoms with van der Waals surface area (Å²) in [6, 6.07) is 0. The molecule has 1 heterocycles. The van der Waals surface area contributed by atoms with E-state index in [1.165, 1.54) is 4.90 Å². The van der Waals surface area contributed by atoms with Crippen molar-refractivity contribution >= 4 is 11.8 Å². The second kappa shape index (κ2) is 5.69. The normalized spacial score (nSPS) is 19.4. The van der Waals surface area contributed by atoms with Gasteiger partial charge in [-0.15, -0.1) is 0 Å². The molecule has 1 aliphatic rings. The van der Waals surface area contributed by atoms with Crippen LogP contribution in [0.25, 0.3) is 0 Å². The average Bonchev–Trinajstić information content (AvgIpc) is 2.22. The second-order valence-electron chi connectivity index (χ2n) is 6.26. The van der Waals surface area contributed by atoms with E-state index in [4.69, 9.17) is 0 Å². The highest BCUT2D eigenvalue weighted by molar-refractivity contribution is 5.92. The number of likely N-dealkylation sites (N-methyl/N-ethyl adjacent to an activating group) is 1. The van der Waals surface area contributed by atoms with Crippen LogP contribution in [0.2, 0.25) is 0 Å². The van der Waals surface area contributed by atoms with Gasteiger partial charge in [-0.3, -0.25) is 9.59 Å². The summed E-state index contributed by atoms with van der Waals surface area (Å²) < 4.78 is 0. The topological polar surface area (TPSA) is 52.7 Å². The molecular weight excluding hydrogens is 230 g/mol. The fraction of sp³-hybridized carbons (Fsp3) is 0.846. The van der Waals surface area contributed by atoms with Crippen LogP contribution < -0.4 is 5.32 Å². The maximum Gasteiger partial charge on any atom is 0.242 e. The maximum atomic E-state index is 11.8. The van der Waals surface area contributed by atoms with Gasteiger partial charge in [-0.05, 0) is 33.2 Å². The molecule has 0 aliphatic carbocycles. The van der Waals surface area contributed by atoms with Crippen LogP contribution in [-0.2, 0) is 9.59 Å². The van der Waals surface area contributed by atoms with Crippen molar-refractivity contribution < 1.29 is 9.59 Å². The lowest BCUT2D eigenvalue weighted by Crippen LogP contribution is -2.54. The van der Waals surface area contributed by atoms with Crippen LogP contribution in [0.3, 0.4) is 0 Å². The second-order valence-corrected chi connectivity index (χ2v) is 6.26. The molecular formula is C13H25N3O2. The van der Waals surface area contributed by atoms with E-state index < -0.39 is 0 Å². The minimum Gasteiger partial charge on any atom is -0.335 e. The predicted molar refractivity (Wildman–Crippen MR) is 71.1 cm³/mol. The zero-order chi connectivity index (χ0) is 13.9. The summed E-state index contributed by atoms with van der Waals surface area (Å²) in [7, 11) is 1.67. The van der Waals surface area contributed by atoms with Gasteiger partial charge in [-0.25, -0.2) is 0 Å². The Bertz CT molecular complexity index is 323. The van der Waals surface area contributed by atoms with Crippen LogP contribution in [0.4, 0.5) is 0 Å². The molecule has 18 heavy (non-hydrogen) atoms. The number of rotatable bonds is 4. The van der Waals surface area contributed by atoms with E-state index in [1.807, 2.05) is 0 Å². The summed E-state index contributed by atoms with van der Waals surface area (Å²) in [6.07, 6.45) is 0. The summed E-state index contributed by atoms with van der Waals surface area (Å²) >= 11 is 0. The van der Waals surface area contributed by atoms with Crippen molar-refractivity contribution in [3.63, 3.8) is 0 Å². The smallest absolute Gasteiger partial charge is 0.242 e. The monoisotopic (exact) mass is 255 g/mol. The molecule has 0 aromatic heterocycles. The highest BCUT2D eigenvalue weighted by atomic mass is 16.2. The van der Waals surface area contributed by atoms with E-state index in [0.29, 0.717) is 12.5 Å². The van der Waals surface area contributed by atoms with Gasteiger partial charge >= 0.3 is 0 Å². The fourth-order valence-corrected chi connectivity index (χ4v) is 1.85. The fourth-order valence-electron chi connectivity index (χ4n) is 1.85. The van der Waals surface area contributed by atoms with Crippen LogP contribution in [-0.4, -0.2) is 60.4 Å². The number of amides is 2. The molecule has 0 radical (unpaired) electrons. The van der Waals surface area contributed by atoms with E-state index in [2.05, 4.69) is 33.0 Å². The van der Waals surface area contributed by atoms with Gasteiger partial charge < -0.3 is 15.1 Å². The third kappa shape index (κ3) is 4.64. The van der Waals surface area contributed by atoms with E-state index in [0.717, 1.165) is 6.54 Å². The molecule has 0 saturated carbocycles. The van der Waals surface area contributed by atoms with E-state index >= 15 is 0 Å². The Morgan fingerprint density at radius 3 is 2.39 bits per heavy atom. The molecule has 0 aromatic carbocycles. The lowest BCUT2D eigenvalue weighted by Gasteiger charge is -2.34. The van der Waals surface area contributed by atoms with E-state index in [9.17, 15) is 9.59 Å². The Morgan fingerprint density at radius 2 is 1.83 bits per heavy atom. The van der Waals surface area contributed by atoms with E-state index in [1.54, 1.807) is 11.9 Å². The first-order chi connectivity index (χ1) is 8.19. The van der Waals surface area contributed by atoms with Gasteiger partial charge in [-0.1, -0.05) is 6.92 Å². The Labute approximate surface area is 110 Å². The van der Waals surface area contributed by atoms with Gasteiger partial charge in [-0.2, -0.15) is 0 Å². The highest BCUT2D eigenvalue weighted by Crippen LogP contribution is 2.08. The molecule has 2 amide bonds. The lowest BCUT2D eigenvalue weighted by atomic mass is 10.1. The summed E-state index contributed by atoms with van der Waals surface area (Å²) in [5.74, 6) is 0.398. The molecule has 0 aromatic rings. The molecule has 0 spiro atoms. The quantitative estimate of drug-likeness (QED) is 0.786. The Kier molecular flexibility index (Phi) is 4.73. The number of nitrogens with one attached hydrogen (secondary N) is 1. The zero-order valence-electron chi connectivity index (χ0n) is 12.1. The third-order valence-corrected chi connectivity index (χ3v) is 2.99. The van der Waals surface area contributed by atoms with Crippen LogP contribution in [0.15, 0.2) is 0 Å². The van der Waals surface area contributed by atoms with Gasteiger partial charge in [0.05, 0.1) is 13.1 Å². The third-order valence-electron chi connectivity index (χ3n) is 2.99. The van der Waals surface area contributed by atoms with Crippen LogP contribution >= 0.6 is 0 Å². The molecule has 1 N–H and O–H groups in total. The molecule has 104 valence electrons. The minimum atomic E-state index is 0.0191. The van der Waals surface area contributed by atoms with Crippen molar-refractivity contribution in [2.75, 3.05) is 33.2 Å². The molecule has 1 unspecified atom stereocenters. The van der Waals surface area contributed by atoms with Gasteiger partial charge in [0.25, 0.3) is 0 Å². The maximum absolute atomic E-state index is 11.8. The minimum absolute atomic E-state index is 0.0191. The standard InChI is InChI=1S/C13H25N3O2/c1-10(6-14-13(2,3)4)7-16-9-11(17)15(5)8-12(16)18/h10,14H,6-9H2,1-5H3. The Hall–Kier alpha value is -1.10. The molecule has 1 aliphatic heterocycles.